The van der Waals surface area contributed by atoms with Crippen LogP contribution in [0.15, 0.2) is 0 Å². The Labute approximate surface area is 71.8 Å². The highest BCUT2D eigenvalue weighted by molar-refractivity contribution is 7.81. The zero-order valence-corrected chi connectivity index (χ0v) is 7.76. The third kappa shape index (κ3) is 1.27. The molecule has 1 rings (SSSR count). The van der Waals surface area contributed by atoms with Crippen LogP contribution in [0, 0.1) is 0 Å². The van der Waals surface area contributed by atoms with Gasteiger partial charge in [0, 0.05) is 27.1 Å². The van der Waals surface area contributed by atoms with Crippen LogP contribution in [-0.2, 0) is 0 Å². The van der Waals surface area contributed by atoms with E-state index in [9.17, 15) is 0 Å². The van der Waals surface area contributed by atoms with Crippen molar-refractivity contribution in [2.75, 3.05) is 20.6 Å². The van der Waals surface area contributed by atoms with E-state index in [0.29, 0.717) is 0 Å². The van der Waals surface area contributed by atoms with Gasteiger partial charge in [-0.3, -0.25) is 0 Å². The van der Waals surface area contributed by atoms with Gasteiger partial charge in [-0.25, -0.2) is 0 Å². The van der Waals surface area contributed by atoms with E-state index in [1.54, 1.807) is 0 Å². The summed E-state index contributed by atoms with van der Waals surface area (Å²) >= 11 is 10.2. The Balaban J connectivity index is 2.70. The first kappa shape index (κ1) is 7.88. The Hall–Kier alpha value is -0.220. The molecule has 0 aromatic rings. The van der Waals surface area contributed by atoms with E-state index in [0.717, 1.165) is 23.1 Å². The highest BCUT2D eigenvalue weighted by Crippen LogP contribution is 2.07. The molecule has 0 aromatic heterocycles. The van der Waals surface area contributed by atoms with E-state index in [2.05, 4.69) is 0 Å². The van der Waals surface area contributed by atoms with Crippen LogP contribution in [0.5, 0.6) is 0 Å². The van der Waals surface area contributed by atoms with Gasteiger partial charge in [-0.15, -0.1) is 0 Å². The lowest BCUT2D eigenvalue weighted by atomic mass is 10.3. The maximum atomic E-state index is 5.09. The van der Waals surface area contributed by atoms with E-state index in [1.165, 1.54) is 0 Å². The van der Waals surface area contributed by atoms with Gasteiger partial charge in [0.05, 0.1) is 4.99 Å². The van der Waals surface area contributed by atoms with Crippen LogP contribution in [0.1, 0.15) is 6.42 Å². The van der Waals surface area contributed by atoms with Crippen LogP contribution in [-0.4, -0.2) is 40.5 Å². The molecule has 0 aliphatic carbocycles. The van der Waals surface area contributed by atoms with Crippen LogP contribution >= 0.6 is 24.4 Å². The predicted molar refractivity (Wildman–Crippen MR) is 50.2 cm³/mol. The molecule has 0 amide bonds. The van der Waals surface area contributed by atoms with Crippen molar-refractivity contribution in [3.8, 4) is 0 Å². The minimum absolute atomic E-state index is 0.830. The van der Waals surface area contributed by atoms with Crippen molar-refractivity contribution in [1.29, 1.82) is 0 Å². The molecule has 0 atom stereocenters. The molecule has 0 N–H and O–H groups in total. The predicted octanol–water partition coefficient (Wildman–Crippen LogP) is 0.866. The van der Waals surface area contributed by atoms with Gasteiger partial charge in [0.1, 0.15) is 0 Å². The zero-order chi connectivity index (χ0) is 7.72. The number of nitrogens with zero attached hydrogens (tertiary/aromatic N) is 2. The summed E-state index contributed by atoms with van der Waals surface area (Å²) in [6, 6.07) is 0. The third-order valence-electron chi connectivity index (χ3n) is 1.65. The van der Waals surface area contributed by atoms with Gasteiger partial charge in [0.25, 0.3) is 0 Å². The summed E-state index contributed by atoms with van der Waals surface area (Å²) < 4.78 is 0. The minimum Gasteiger partial charge on any atom is -0.351 e. The lowest BCUT2D eigenvalue weighted by molar-refractivity contribution is 0.443. The molecule has 1 aliphatic rings. The zero-order valence-electron chi connectivity index (χ0n) is 6.13. The number of rotatable bonds is 0. The third-order valence-corrected chi connectivity index (χ3v) is 2.71. The molecule has 1 heterocycles. The molecule has 56 valence electrons. The van der Waals surface area contributed by atoms with E-state index in [1.807, 2.05) is 23.9 Å². The number of thiocarbonyl (C=S) groups is 2. The smallest absolute Gasteiger partial charge is 0.175 e. The van der Waals surface area contributed by atoms with Crippen molar-refractivity contribution < 1.29 is 0 Å². The monoisotopic (exact) mass is 174 g/mol. The van der Waals surface area contributed by atoms with Crippen LogP contribution < -0.4 is 0 Å². The normalized spacial score (nSPS) is 20.2. The fraction of sp³-hybridized carbons (Fsp3) is 0.667. The molecule has 10 heavy (non-hydrogen) atoms. The molecule has 0 bridgehead atoms. The molecule has 0 radical (unpaired) electrons. The first-order valence-corrected chi connectivity index (χ1v) is 3.96. The van der Waals surface area contributed by atoms with Crippen LogP contribution in [0.3, 0.4) is 0 Å². The van der Waals surface area contributed by atoms with Crippen molar-refractivity contribution >= 4 is 34.5 Å². The molecular weight excluding hydrogens is 164 g/mol. The maximum absolute atomic E-state index is 5.09. The molecule has 2 nitrogen and oxygen atoms in total. The second-order valence-electron chi connectivity index (χ2n) is 2.41. The van der Waals surface area contributed by atoms with Gasteiger partial charge >= 0.3 is 0 Å². The van der Waals surface area contributed by atoms with Crippen molar-refractivity contribution in [3.05, 3.63) is 0 Å². The molecule has 0 unspecified atom stereocenters. The fourth-order valence-electron chi connectivity index (χ4n) is 0.889. The number of hydrogen-bond donors (Lipinski definition) is 0. The molecular formula is C6H10N2S2. The van der Waals surface area contributed by atoms with Crippen LogP contribution in [0.2, 0.25) is 0 Å². The minimum atomic E-state index is 0.830. The molecule has 1 fully saturated rings. The summed E-state index contributed by atoms with van der Waals surface area (Å²) in [4.78, 5) is 4.86. The standard InChI is InChI=1S/C6H10N2S2/c1-7-4-3-5(9)8(2)6(7)10/h3-4H2,1-2H3. The van der Waals surface area contributed by atoms with E-state index < -0.39 is 0 Å². The topological polar surface area (TPSA) is 6.48 Å². The van der Waals surface area contributed by atoms with Crippen LogP contribution in [0.4, 0.5) is 0 Å². The van der Waals surface area contributed by atoms with Crippen molar-refractivity contribution in [1.82, 2.24) is 9.80 Å². The Kier molecular flexibility index (Phi) is 2.21. The van der Waals surface area contributed by atoms with Crippen molar-refractivity contribution in [2.45, 2.75) is 6.42 Å². The summed E-state index contributed by atoms with van der Waals surface area (Å²) in [7, 11) is 3.90. The summed E-state index contributed by atoms with van der Waals surface area (Å²) in [5.41, 5.74) is 0. The highest BCUT2D eigenvalue weighted by atomic mass is 32.1. The molecule has 0 saturated carbocycles. The summed E-state index contributed by atoms with van der Waals surface area (Å²) in [6.45, 7) is 0.960. The summed E-state index contributed by atoms with van der Waals surface area (Å²) in [6.07, 6.45) is 0.947. The second kappa shape index (κ2) is 2.80. The lowest BCUT2D eigenvalue weighted by Gasteiger charge is -2.33. The van der Waals surface area contributed by atoms with Gasteiger partial charge < -0.3 is 9.80 Å². The van der Waals surface area contributed by atoms with E-state index in [4.69, 9.17) is 24.4 Å². The first-order chi connectivity index (χ1) is 4.63. The average molecular weight is 174 g/mol. The fourth-order valence-corrected chi connectivity index (χ4v) is 1.33. The van der Waals surface area contributed by atoms with Crippen molar-refractivity contribution in [2.24, 2.45) is 0 Å². The SMILES string of the molecule is CN1CCC(=S)N(C)C1=S. The van der Waals surface area contributed by atoms with Gasteiger partial charge in [-0.05, 0) is 12.2 Å². The summed E-state index contributed by atoms with van der Waals surface area (Å²) in [5, 5.41) is 0.830. The van der Waals surface area contributed by atoms with Crippen molar-refractivity contribution in [3.63, 3.8) is 0 Å². The Bertz CT molecular complexity index is 179. The second-order valence-corrected chi connectivity index (χ2v) is 3.24. The molecule has 1 aliphatic heterocycles. The molecule has 0 aromatic carbocycles. The molecule has 1 saturated heterocycles. The van der Waals surface area contributed by atoms with Gasteiger partial charge in [-0.1, -0.05) is 12.2 Å². The lowest BCUT2D eigenvalue weighted by Crippen LogP contribution is -2.47. The summed E-state index contributed by atoms with van der Waals surface area (Å²) in [5.74, 6) is 0. The Morgan fingerprint density at radius 2 is 1.90 bits per heavy atom. The van der Waals surface area contributed by atoms with Gasteiger partial charge in [0.15, 0.2) is 5.11 Å². The average Bonchev–Trinajstić information content (AvgIpc) is 1.93. The van der Waals surface area contributed by atoms with Gasteiger partial charge in [-0.2, -0.15) is 0 Å². The van der Waals surface area contributed by atoms with E-state index >= 15 is 0 Å². The molecule has 0 spiro atoms. The quantitative estimate of drug-likeness (QED) is 0.502. The Morgan fingerprint density at radius 3 is 2.40 bits per heavy atom. The number of hydrogen-bond acceptors (Lipinski definition) is 2. The highest BCUT2D eigenvalue weighted by Gasteiger charge is 2.19. The Morgan fingerprint density at radius 1 is 1.30 bits per heavy atom. The van der Waals surface area contributed by atoms with Gasteiger partial charge in [0.2, 0.25) is 0 Å². The van der Waals surface area contributed by atoms with Crippen LogP contribution in [0.25, 0.3) is 0 Å². The molecule has 4 heteroatoms. The largest absolute Gasteiger partial charge is 0.351 e. The van der Waals surface area contributed by atoms with E-state index in [-0.39, 0.29) is 0 Å². The maximum Gasteiger partial charge on any atom is 0.175 e. The first-order valence-electron chi connectivity index (χ1n) is 3.14.